The second-order valence-corrected chi connectivity index (χ2v) is 8.30. The summed E-state index contributed by atoms with van der Waals surface area (Å²) in [5.74, 6) is 3.16. The molecular formula is C19H36S. The van der Waals surface area contributed by atoms with E-state index in [1.165, 1.54) is 57.1 Å². The Morgan fingerprint density at radius 1 is 1.10 bits per heavy atom. The Morgan fingerprint density at radius 3 is 2.45 bits per heavy atom. The first-order chi connectivity index (χ1) is 9.60. The van der Waals surface area contributed by atoms with Crippen LogP contribution in [-0.4, -0.2) is 11.0 Å². The quantitative estimate of drug-likeness (QED) is 0.331. The van der Waals surface area contributed by atoms with Gasteiger partial charge in [0.25, 0.3) is 0 Å². The van der Waals surface area contributed by atoms with Gasteiger partial charge >= 0.3 is 0 Å². The molecule has 20 heavy (non-hydrogen) atoms. The molecule has 1 rings (SSSR count). The fraction of sp³-hybridized carbons (Fsp3) is 0.895. The van der Waals surface area contributed by atoms with Gasteiger partial charge < -0.3 is 0 Å². The lowest BCUT2D eigenvalue weighted by Gasteiger charge is -2.35. The van der Waals surface area contributed by atoms with Crippen molar-refractivity contribution in [2.45, 2.75) is 91.2 Å². The van der Waals surface area contributed by atoms with Crippen molar-refractivity contribution in [3.63, 3.8) is 0 Å². The molecule has 0 fully saturated rings. The summed E-state index contributed by atoms with van der Waals surface area (Å²) < 4.78 is 0. The molecule has 1 aliphatic rings. The van der Waals surface area contributed by atoms with Crippen molar-refractivity contribution in [1.82, 2.24) is 0 Å². The third-order valence-electron chi connectivity index (χ3n) is 5.01. The minimum atomic E-state index is 0.839. The summed E-state index contributed by atoms with van der Waals surface area (Å²) in [5.41, 5.74) is 3.52. The minimum Gasteiger partial charge on any atom is -0.159 e. The van der Waals surface area contributed by atoms with Gasteiger partial charge in [-0.25, -0.2) is 0 Å². The molecular weight excluding hydrogens is 260 g/mol. The molecule has 0 heterocycles. The first kappa shape index (κ1) is 18.1. The molecule has 0 radical (unpaired) electrons. The number of allylic oxidation sites excluding steroid dienone is 2. The lowest BCUT2D eigenvalue weighted by Crippen LogP contribution is -2.27. The number of unbranched alkanes of at least 4 members (excludes halogenated alkanes) is 3. The van der Waals surface area contributed by atoms with Crippen LogP contribution in [0.4, 0.5) is 0 Å². The van der Waals surface area contributed by atoms with Crippen LogP contribution >= 0.6 is 11.8 Å². The van der Waals surface area contributed by atoms with Gasteiger partial charge in [0.05, 0.1) is 0 Å². The Kier molecular flexibility index (Phi) is 9.00. The lowest BCUT2D eigenvalue weighted by molar-refractivity contribution is 0.324. The highest BCUT2D eigenvalue weighted by Gasteiger charge is 2.29. The van der Waals surface area contributed by atoms with Crippen LogP contribution in [0.5, 0.6) is 0 Å². The third-order valence-corrected chi connectivity index (χ3v) is 6.41. The molecule has 0 nitrogen and oxygen atoms in total. The Bertz CT molecular complexity index is 292. The van der Waals surface area contributed by atoms with Crippen molar-refractivity contribution in [3.05, 3.63) is 11.1 Å². The molecule has 0 N–H and O–H groups in total. The minimum absolute atomic E-state index is 0.839. The first-order valence-electron chi connectivity index (χ1n) is 8.89. The maximum absolute atomic E-state index is 2.48. The van der Waals surface area contributed by atoms with E-state index >= 15 is 0 Å². The van der Waals surface area contributed by atoms with Gasteiger partial charge in [-0.15, -0.1) is 0 Å². The molecule has 0 amide bonds. The standard InChI is InChI=1S/C19H36S/c1-6-8-10-12-20-17(5)19-14-18(11-9-7-2)15(3)13-16(19)4/h16-17,19H,6-14H2,1-5H3/t16?,17-,19?/m0/s1. The van der Waals surface area contributed by atoms with Crippen molar-refractivity contribution < 1.29 is 0 Å². The molecule has 0 saturated carbocycles. The molecule has 2 unspecified atom stereocenters. The monoisotopic (exact) mass is 296 g/mol. The number of hydrogen-bond acceptors (Lipinski definition) is 1. The smallest absolute Gasteiger partial charge is 0.00527 e. The van der Waals surface area contributed by atoms with Crippen molar-refractivity contribution >= 4 is 11.8 Å². The van der Waals surface area contributed by atoms with Crippen LogP contribution < -0.4 is 0 Å². The second kappa shape index (κ2) is 9.92. The molecule has 1 heteroatoms. The topological polar surface area (TPSA) is 0 Å². The molecule has 0 saturated heterocycles. The maximum atomic E-state index is 2.48. The van der Waals surface area contributed by atoms with E-state index < -0.39 is 0 Å². The van der Waals surface area contributed by atoms with E-state index in [1.807, 2.05) is 0 Å². The molecule has 0 aromatic rings. The van der Waals surface area contributed by atoms with Gasteiger partial charge in [-0.2, -0.15) is 11.8 Å². The summed E-state index contributed by atoms with van der Waals surface area (Å²) in [5, 5.41) is 0.839. The van der Waals surface area contributed by atoms with E-state index in [4.69, 9.17) is 0 Å². The van der Waals surface area contributed by atoms with E-state index in [0.717, 1.165) is 17.1 Å². The van der Waals surface area contributed by atoms with Crippen LogP contribution in [0.1, 0.15) is 86.0 Å². The normalized spacial score (nSPS) is 25.1. The first-order valence-corrected chi connectivity index (χ1v) is 9.94. The Morgan fingerprint density at radius 2 is 1.80 bits per heavy atom. The van der Waals surface area contributed by atoms with E-state index in [0.29, 0.717) is 0 Å². The van der Waals surface area contributed by atoms with Gasteiger partial charge in [-0.05, 0) is 56.6 Å². The molecule has 3 atom stereocenters. The molecule has 0 spiro atoms. The highest BCUT2D eigenvalue weighted by atomic mass is 32.2. The highest BCUT2D eigenvalue weighted by molar-refractivity contribution is 7.99. The van der Waals surface area contributed by atoms with Crippen LogP contribution in [0.3, 0.4) is 0 Å². The SMILES string of the molecule is CCCCCS[C@@H](C)C1CC(CCCC)=C(C)CC1C. The van der Waals surface area contributed by atoms with Crippen LogP contribution in [0.2, 0.25) is 0 Å². The van der Waals surface area contributed by atoms with Crippen LogP contribution in [-0.2, 0) is 0 Å². The van der Waals surface area contributed by atoms with E-state index in [-0.39, 0.29) is 0 Å². The van der Waals surface area contributed by atoms with E-state index in [9.17, 15) is 0 Å². The van der Waals surface area contributed by atoms with E-state index in [1.54, 1.807) is 11.1 Å². The van der Waals surface area contributed by atoms with Gasteiger partial charge in [0, 0.05) is 5.25 Å². The number of rotatable bonds is 9. The zero-order valence-corrected chi connectivity index (χ0v) is 15.3. The highest BCUT2D eigenvalue weighted by Crippen LogP contribution is 2.41. The molecule has 0 aromatic heterocycles. The molecule has 0 aromatic carbocycles. The Balaban J connectivity index is 2.48. The van der Waals surface area contributed by atoms with Gasteiger partial charge in [-0.3, -0.25) is 0 Å². The summed E-state index contributed by atoms with van der Waals surface area (Å²) in [4.78, 5) is 0. The second-order valence-electron chi connectivity index (χ2n) is 6.82. The van der Waals surface area contributed by atoms with Gasteiger partial charge in [0.1, 0.15) is 0 Å². The predicted molar refractivity (Wildman–Crippen MR) is 95.6 cm³/mol. The molecule has 0 bridgehead atoms. The zero-order chi connectivity index (χ0) is 15.0. The average molecular weight is 297 g/mol. The largest absolute Gasteiger partial charge is 0.159 e. The maximum Gasteiger partial charge on any atom is 0.00527 e. The summed E-state index contributed by atoms with van der Waals surface area (Å²) in [6.45, 7) is 12.0. The molecule has 1 aliphatic carbocycles. The van der Waals surface area contributed by atoms with Crippen molar-refractivity contribution in [3.8, 4) is 0 Å². The van der Waals surface area contributed by atoms with Gasteiger partial charge in [0.15, 0.2) is 0 Å². The Labute approximate surface area is 132 Å². The lowest BCUT2D eigenvalue weighted by atomic mass is 9.74. The van der Waals surface area contributed by atoms with Crippen molar-refractivity contribution in [2.75, 3.05) is 5.75 Å². The summed E-state index contributed by atoms with van der Waals surface area (Å²) in [6, 6.07) is 0. The summed E-state index contributed by atoms with van der Waals surface area (Å²) >= 11 is 2.23. The fourth-order valence-electron chi connectivity index (χ4n) is 3.52. The Hall–Kier alpha value is 0.0900. The van der Waals surface area contributed by atoms with Crippen LogP contribution in [0, 0.1) is 11.8 Å². The number of thioether (sulfide) groups is 1. The van der Waals surface area contributed by atoms with Crippen molar-refractivity contribution in [1.29, 1.82) is 0 Å². The average Bonchev–Trinajstić information content (AvgIpc) is 2.42. The molecule has 0 aliphatic heterocycles. The third kappa shape index (κ3) is 5.84. The fourth-order valence-corrected chi connectivity index (χ4v) is 4.87. The molecule has 118 valence electrons. The summed E-state index contributed by atoms with van der Waals surface area (Å²) in [6.07, 6.45) is 11.0. The number of hydrogen-bond donors (Lipinski definition) is 0. The van der Waals surface area contributed by atoms with Gasteiger partial charge in [0.2, 0.25) is 0 Å². The zero-order valence-electron chi connectivity index (χ0n) is 14.5. The van der Waals surface area contributed by atoms with Crippen LogP contribution in [0.15, 0.2) is 11.1 Å². The summed E-state index contributed by atoms with van der Waals surface area (Å²) in [7, 11) is 0. The van der Waals surface area contributed by atoms with Gasteiger partial charge in [-0.1, -0.05) is 58.1 Å². The van der Waals surface area contributed by atoms with Crippen LogP contribution in [0.25, 0.3) is 0 Å². The van der Waals surface area contributed by atoms with E-state index in [2.05, 4.69) is 46.4 Å². The van der Waals surface area contributed by atoms with Crippen molar-refractivity contribution in [2.24, 2.45) is 11.8 Å². The predicted octanol–water partition coefficient (Wildman–Crippen LogP) is 6.85.